The van der Waals surface area contributed by atoms with Crippen LogP contribution in [0.1, 0.15) is 10.4 Å². The number of para-hydroxylation sites is 1. The SMILES string of the molecule is COC(=O)c1ccccc1Nc1cnnc(Nc2ccc(N(C)C)cc2)n1. The van der Waals surface area contributed by atoms with Gasteiger partial charge in [0.25, 0.3) is 0 Å². The first-order valence-electron chi connectivity index (χ1n) is 8.25. The molecule has 0 bridgehead atoms. The Kier molecular flexibility index (Phi) is 5.46. The minimum Gasteiger partial charge on any atom is -0.465 e. The van der Waals surface area contributed by atoms with Gasteiger partial charge in [0.15, 0.2) is 5.82 Å². The molecule has 0 aliphatic rings. The van der Waals surface area contributed by atoms with Crippen LogP contribution in [0.3, 0.4) is 0 Å². The third kappa shape index (κ3) is 4.49. The summed E-state index contributed by atoms with van der Waals surface area (Å²) in [6.07, 6.45) is 1.48. The highest BCUT2D eigenvalue weighted by Crippen LogP contribution is 2.22. The second-order valence-electron chi connectivity index (χ2n) is 5.89. The van der Waals surface area contributed by atoms with E-state index in [0.717, 1.165) is 11.4 Å². The number of carbonyl (C=O) groups excluding carboxylic acids is 1. The van der Waals surface area contributed by atoms with Gasteiger partial charge in [0, 0.05) is 25.5 Å². The molecule has 27 heavy (non-hydrogen) atoms. The number of aromatic nitrogens is 3. The zero-order chi connectivity index (χ0) is 19.2. The largest absolute Gasteiger partial charge is 0.465 e. The Labute approximate surface area is 157 Å². The van der Waals surface area contributed by atoms with Crippen molar-refractivity contribution < 1.29 is 9.53 Å². The van der Waals surface area contributed by atoms with Gasteiger partial charge in [0.05, 0.1) is 24.6 Å². The molecule has 0 unspecified atom stereocenters. The summed E-state index contributed by atoms with van der Waals surface area (Å²) in [4.78, 5) is 18.3. The smallest absolute Gasteiger partial charge is 0.339 e. The number of rotatable bonds is 6. The Morgan fingerprint density at radius 3 is 2.48 bits per heavy atom. The van der Waals surface area contributed by atoms with Gasteiger partial charge in [-0.2, -0.15) is 10.1 Å². The van der Waals surface area contributed by atoms with Crippen LogP contribution in [0.25, 0.3) is 0 Å². The van der Waals surface area contributed by atoms with Crippen LogP contribution < -0.4 is 15.5 Å². The fraction of sp³-hybridized carbons (Fsp3) is 0.158. The Morgan fingerprint density at radius 1 is 1.04 bits per heavy atom. The van der Waals surface area contributed by atoms with Crippen LogP contribution in [-0.4, -0.2) is 42.4 Å². The number of benzene rings is 2. The molecule has 8 nitrogen and oxygen atoms in total. The molecule has 0 aliphatic carbocycles. The van der Waals surface area contributed by atoms with E-state index in [1.807, 2.05) is 49.3 Å². The average molecular weight is 364 g/mol. The van der Waals surface area contributed by atoms with Crippen molar-refractivity contribution in [1.29, 1.82) is 0 Å². The number of hydrogen-bond acceptors (Lipinski definition) is 8. The van der Waals surface area contributed by atoms with Crippen molar-refractivity contribution in [3.8, 4) is 0 Å². The minimum absolute atomic E-state index is 0.341. The highest BCUT2D eigenvalue weighted by atomic mass is 16.5. The third-order valence-electron chi connectivity index (χ3n) is 3.79. The van der Waals surface area contributed by atoms with E-state index in [0.29, 0.717) is 23.0 Å². The summed E-state index contributed by atoms with van der Waals surface area (Å²) < 4.78 is 4.80. The average Bonchev–Trinajstić information content (AvgIpc) is 2.68. The highest BCUT2D eigenvalue weighted by molar-refractivity contribution is 5.96. The Balaban J connectivity index is 1.77. The molecule has 0 fully saturated rings. The van der Waals surface area contributed by atoms with Gasteiger partial charge in [-0.15, -0.1) is 5.10 Å². The Hall–Kier alpha value is -3.68. The molecule has 2 aromatic carbocycles. The predicted octanol–water partition coefficient (Wildman–Crippen LogP) is 3.21. The molecular formula is C19H20N6O2. The fourth-order valence-electron chi connectivity index (χ4n) is 2.41. The summed E-state index contributed by atoms with van der Waals surface area (Å²) in [5, 5.41) is 14.1. The van der Waals surface area contributed by atoms with E-state index in [1.165, 1.54) is 13.3 Å². The van der Waals surface area contributed by atoms with E-state index in [-0.39, 0.29) is 0 Å². The van der Waals surface area contributed by atoms with Crippen LogP contribution in [0, 0.1) is 0 Å². The van der Waals surface area contributed by atoms with Gasteiger partial charge in [0.1, 0.15) is 0 Å². The molecule has 0 saturated heterocycles. The van der Waals surface area contributed by atoms with Gasteiger partial charge >= 0.3 is 5.97 Å². The maximum atomic E-state index is 11.9. The van der Waals surface area contributed by atoms with E-state index in [1.54, 1.807) is 18.2 Å². The second kappa shape index (κ2) is 8.13. The number of anilines is 5. The molecule has 2 N–H and O–H groups in total. The molecule has 0 spiro atoms. The molecule has 1 heterocycles. The van der Waals surface area contributed by atoms with Crippen LogP contribution in [0.15, 0.2) is 54.7 Å². The topological polar surface area (TPSA) is 92.3 Å². The lowest BCUT2D eigenvalue weighted by Gasteiger charge is -2.13. The number of esters is 1. The zero-order valence-corrected chi connectivity index (χ0v) is 15.3. The molecule has 8 heteroatoms. The van der Waals surface area contributed by atoms with Crippen molar-refractivity contribution in [2.24, 2.45) is 0 Å². The third-order valence-corrected chi connectivity index (χ3v) is 3.79. The molecule has 0 radical (unpaired) electrons. The van der Waals surface area contributed by atoms with Crippen LogP contribution in [0.4, 0.5) is 28.8 Å². The van der Waals surface area contributed by atoms with Crippen LogP contribution in [0.5, 0.6) is 0 Å². The standard InChI is InChI=1S/C19H20N6O2/c1-25(2)14-10-8-13(9-11-14)21-19-23-17(12-20-24-19)22-16-7-5-4-6-15(16)18(26)27-3/h4-12H,1-3H3,(H2,21,22,23,24). The monoisotopic (exact) mass is 364 g/mol. The summed E-state index contributed by atoms with van der Waals surface area (Å²) in [6, 6.07) is 14.9. The van der Waals surface area contributed by atoms with E-state index in [4.69, 9.17) is 4.74 Å². The number of nitrogens with one attached hydrogen (secondary N) is 2. The summed E-state index contributed by atoms with van der Waals surface area (Å²) >= 11 is 0. The van der Waals surface area contributed by atoms with Gasteiger partial charge in [0.2, 0.25) is 5.95 Å². The molecule has 0 saturated carbocycles. The van der Waals surface area contributed by atoms with Crippen molar-refractivity contribution in [3.05, 3.63) is 60.3 Å². The van der Waals surface area contributed by atoms with Gasteiger partial charge < -0.3 is 20.3 Å². The lowest BCUT2D eigenvalue weighted by molar-refractivity contribution is 0.0602. The fourth-order valence-corrected chi connectivity index (χ4v) is 2.41. The first-order valence-corrected chi connectivity index (χ1v) is 8.25. The maximum absolute atomic E-state index is 11.9. The van der Waals surface area contributed by atoms with Gasteiger partial charge in [-0.1, -0.05) is 12.1 Å². The van der Waals surface area contributed by atoms with Crippen molar-refractivity contribution in [3.63, 3.8) is 0 Å². The maximum Gasteiger partial charge on any atom is 0.339 e. The van der Waals surface area contributed by atoms with E-state index < -0.39 is 5.97 Å². The second-order valence-corrected chi connectivity index (χ2v) is 5.89. The molecule has 0 amide bonds. The van der Waals surface area contributed by atoms with Crippen molar-refractivity contribution in [1.82, 2.24) is 15.2 Å². The number of methoxy groups -OCH3 is 1. The molecule has 3 rings (SSSR count). The number of ether oxygens (including phenoxy) is 1. The van der Waals surface area contributed by atoms with Gasteiger partial charge in [-0.3, -0.25) is 0 Å². The highest BCUT2D eigenvalue weighted by Gasteiger charge is 2.12. The van der Waals surface area contributed by atoms with E-state index >= 15 is 0 Å². The molecule has 0 atom stereocenters. The molecule has 138 valence electrons. The van der Waals surface area contributed by atoms with Crippen molar-refractivity contribution >= 4 is 34.8 Å². The summed E-state index contributed by atoms with van der Waals surface area (Å²) in [6.45, 7) is 0. The zero-order valence-electron chi connectivity index (χ0n) is 15.3. The molecule has 1 aromatic heterocycles. The predicted molar refractivity (Wildman–Crippen MR) is 105 cm³/mol. The van der Waals surface area contributed by atoms with Crippen molar-refractivity contribution in [2.45, 2.75) is 0 Å². The lowest BCUT2D eigenvalue weighted by atomic mass is 10.2. The van der Waals surface area contributed by atoms with Crippen LogP contribution in [-0.2, 0) is 4.74 Å². The van der Waals surface area contributed by atoms with Crippen LogP contribution >= 0.6 is 0 Å². The van der Waals surface area contributed by atoms with Crippen LogP contribution in [0.2, 0.25) is 0 Å². The molecule has 3 aromatic rings. The number of carbonyl (C=O) groups is 1. The summed E-state index contributed by atoms with van der Waals surface area (Å²) in [7, 11) is 5.31. The summed E-state index contributed by atoms with van der Waals surface area (Å²) in [5.74, 6) is 0.362. The minimum atomic E-state index is -0.431. The van der Waals surface area contributed by atoms with Crippen molar-refractivity contribution in [2.75, 3.05) is 36.7 Å². The van der Waals surface area contributed by atoms with Gasteiger partial charge in [-0.25, -0.2) is 4.79 Å². The first kappa shape index (κ1) is 18.1. The Morgan fingerprint density at radius 2 is 1.78 bits per heavy atom. The number of nitrogens with zero attached hydrogens (tertiary/aromatic N) is 4. The molecular weight excluding hydrogens is 344 g/mol. The lowest BCUT2D eigenvalue weighted by Crippen LogP contribution is -2.08. The van der Waals surface area contributed by atoms with Gasteiger partial charge in [-0.05, 0) is 36.4 Å². The van der Waals surface area contributed by atoms with E-state index in [2.05, 4.69) is 25.8 Å². The van der Waals surface area contributed by atoms with E-state index in [9.17, 15) is 4.79 Å². The normalized spacial score (nSPS) is 10.2. The molecule has 0 aliphatic heterocycles. The Bertz CT molecular complexity index is 927. The quantitative estimate of drug-likeness (QED) is 0.644. The number of hydrogen-bond donors (Lipinski definition) is 2. The first-order chi connectivity index (χ1) is 13.1. The summed E-state index contributed by atoms with van der Waals surface area (Å²) in [5.41, 5.74) is 2.92.